The number of hydrogen-bond acceptors (Lipinski definition) is 5. The lowest BCUT2D eigenvalue weighted by molar-refractivity contribution is 0.0724. The van der Waals surface area contributed by atoms with Crippen LogP contribution >= 0.6 is 0 Å². The predicted molar refractivity (Wildman–Crippen MR) is 124 cm³/mol. The summed E-state index contributed by atoms with van der Waals surface area (Å²) >= 11 is 0. The molecule has 0 saturated carbocycles. The molecule has 0 bridgehead atoms. The molecular weight excluding hydrogens is 404 g/mol. The topological polar surface area (TPSA) is 78.7 Å². The molecule has 1 N–H and O–H groups in total. The smallest absolute Gasteiger partial charge is 0.273 e. The Hall–Kier alpha value is -2.67. The van der Waals surface area contributed by atoms with Crippen LogP contribution < -0.4 is 5.32 Å². The maximum absolute atomic E-state index is 13.1. The molecule has 2 fully saturated rings. The molecule has 0 atom stereocenters. The highest BCUT2D eigenvalue weighted by atomic mass is 16.3. The number of oxazole rings is 1. The first-order valence-corrected chi connectivity index (χ1v) is 12.1. The lowest BCUT2D eigenvalue weighted by Crippen LogP contribution is -2.35. The van der Waals surface area contributed by atoms with Gasteiger partial charge in [0.05, 0.1) is 5.56 Å². The summed E-state index contributed by atoms with van der Waals surface area (Å²) in [6, 6.07) is 7.33. The number of nitrogens with zero attached hydrogens (tertiary/aromatic N) is 3. The third-order valence-corrected chi connectivity index (χ3v) is 6.46. The lowest BCUT2D eigenvalue weighted by Gasteiger charge is -2.27. The second-order valence-corrected chi connectivity index (χ2v) is 8.79. The number of amides is 2. The number of nitrogens with one attached hydrogen (secondary N) is 1. The summed E-state index contributed by atoms with van der Waals surface area (Å²) < 4.78 is 5.61. The van der Waals surface area contributed by atoms with Gasteiger partial charge >= 0.3 is 0 Å². The van der Waals surface area contributed by atoms with Gasteiger partial charge in [0.1, 0.15) is 0 Å². The number of piperidine rings is 1. The van der Waals surface area contributed by atoms with Gasteiger partial charge in [0.25, 0.3) is 11.8 Å². The van der Waals surface area contributed by atoms with Crippen LogP contribution in [-0.2, 0) is 0 Å². The molecule has 2 saturated heterocycles. The largest absolute Gasteiger partial charge is 0.443 e. The first-order valence-electron chi connectivity index (χ1n) is 12.1. The van der Waals surface area contributed by atoms with Crippen molar-refractivity contribution in [3.05, 3.63) is 41.9 Å². The molecule has 0 radical (unpaired) electrons. The van der Waals surface area contributed by atoms with Gasteiger partial charge in [0.2, 0.25) is 0 Å². The first-order chi connectivity index (χ1) is 15.7. The number of aromatic nitrogens is 1. The summed E-state index contributed by atoms with van der Waals surface area (Å²) in [6.07, 6.45) is 10.6. The number of carbonyl (C=O) groups excluding carboxylic acids is 2. The van der Waals surface area contributed by atoms with Crippen molar-refractivity contribution in [3.63, 3.8) is 0 Å². The fourth-order valence-corrected chi connectivity index (χ4v) is 4.68. The van der Waals surface area contributed by atoms with Crippen LogP contribution in [0.5, 0.6) is 0 Å². The maximum Gasteiger partial charge on any atom is 0.273 e. The monoisotopic (exact) mass is 438 g/mol. The highest BCUT2D eigenvalue weighted by molar-refractivity contribution is 6.04. The van der Waals surface area contributed by atoms with E-state index in [2.05, 4.69) is 15.2 Å². The zero-order chi connectivity index (χ0) is 22.2. The summed E-state index contributed by atoms with van der Waals surface area (Å²) in [5.74, 6) is 0.0846. The molecule has 7 nitrogen and oxygen atoms in total. The van der Waals surface area contributed by atoms with Crippen molar-refractivity contribution in [1.82, 2.24) is 20.1 Å². The van der Waals surface area contributed by atoms with Gasteiger partial charge in [0, 0.05) is 25.2 Å². The zero-order valence-electron chi connectivity index (χ0n) is 18.9. The Kier molecular flexibility index (Phi) is 7.93. The second-order valence-electron chi connectivity index (χ2n) is 8.79. The fraction of sp³-hybridized carbons (Fsp3) is 0.560. The summed E-state index contributed by atoms with van der Waals surface area (Å²) in [5, 5.41) is 2.98. The van der Waals surface area contributed by atoms with E-state index in [4.69, 9.17) is 4.42 Å². The Bertz CT molecular complexity index is 896. The van der Waals surface area contributed by atoms with E-state index in [0.717, 1.165) is 58.4 Å². The Morgan fingerprint density at radius 1 is 0.938 bits per heavy atom. The van der Waals surface area contributed by atoms with Crippen molar-refractivity contribution < 1.29 is 14.0 Å². The Labute approximate surface area is 190 Å². The maximum atomic E-state index is 13.1. The van der Waals surface area contributed by atoms with E-state index < -0.39 is 0 Å². The molecule has 3 heterocycles. The van der Waals surface area contributed by atoms with Crippen molar-refractivity contribution in [3.8, 4) is 11.3 Å². The molecule has 4 rings (SSSR count). The first kappa shape index (κ1) is 22.5. The molecule has 0 aliphatic carbocycles. The highest BCUT2D eigenvalue weighted by Crippen LogP contribution is 2.28. The van der Waals surface area contributed by atoms with E-state index in [0.29, 0.717) is 23.4 Å². The van der Waals surface area contributed by atoms with Gasteiger partial charge in [-0.25, -0.2) is 4.98 Å². The summed E-state index contributed by atoms with van der Waals surface area (Å²) in [7, 11) is 0. The molecular formula is C25H34N4O3. The van der Waals surface area contributed by atoms with E-state index in [-0.39, 0.29) is 17.5 Å². The molecule has 2 amide bonds. The van der Waals surface area contributed by atoms with Crippen LogP contribution in [0.2, 0.25) is 0 Å². The Morgan fingerprint density at radius 2 is 1.62 bits per heavy atom. The number of carbonyl (C=O) groups is 2. The Morgan fingerprint density at radius 3 is 2.41 bits per heavy atom. The van der Waals surface area contributed by atoms with Crippen LogP contribution in [0.15, 0.2) is 35.1 Å². The minimum Gasteiger partial charge on any atom is -0.443 e. The van der Waals surface area contributed by atoms with Gasteiger partial charge < -0.3 is 19.5 Å². The van der Waals surface area contributed by atoms with Crippen LogP contribution in [0.25, 0.3) is 11.3 Å². The van der Waals surface area contributed by atoms with E-state index in [1.165, 1.54) is 32.1 Å². The van der Waals surface area contributed by atoms with Crippen LogP contribution in [0, 0.1) is 0 Å². The lowest BCUT2D eigenvalue weighted by atomic mass is 10.0. The van der Waals surface area contributed by atoms with Gasteiger partial charge in [-0.3, -0.25) is 9.59 Å². The number of rotatable bonds is 7. The zero-order valence-corrected chi connectivity index (χ0v) is 18.9. The third-order valence-electron chi connectivity index (χ3n) is 6.46. The van der Waals surface area contributed by atoms with Gasteiger partial charge in [-0.1, -0.05) is 31.0 Å². The summed E-state index contributed by atoms with van der Waals surface area (Å²) in [6.45, 7) is 5.45. The van der Waals surface area contributed by atoms with Crippen molar-refractivity contribution in [2.24, 2.45) is 0 Å². The molecule has 2 aliphatic heterocycles. The quantitative estimate of drug-likeness (QED) is 0.662. The minimum absolute atomic E-state index is 0.0134. The normalized spacial score (nSPS) is 17.7. The molecule has 1 aromatic carbocycles. The Balaban J connectivity index is 1.40. The molecule has 0 spiro atoms. The third kappa shape index (κ3) is 5.57. The van der Waals surface area contributed by atoms with Crippen LogP contribution in [-0.4, -0.2) is 65.9 Å². The van der Waals surface area contributed by atoms with Crippen molar-refractivity contribution in [2.75, 3.05) is 39.3 Å². The van der Waals surface area contributed by atoms with Crippen LogP contribution in [0.1, 0.15) is 72.2 Å². The van der Waals surface area contributed by atoms with Crippen molar-refractivity contribution >= 4 is 11.8 Å². The van der Waals surface area contributed by atoms with Crippen LogP contribution in [0.3, 0.4) is 0 Å². The van der Waals surface area contributed by atoms with Crippen molar-refractivity contribution in [1.29, 1.82) is 0 Å². The number of benzene rings is 1. The standard InChI is InChI=1S/C25H34N4O3/c30-24(26-13-10-16-28-14-6-1-2-7-15-28)22-23(32-19-27-22)20-11-4-5-12-21(20)25(31)29-17-8-3-9-18-29/h4-5,11-12,19H,1-3,6-10,13-18H2,(H,26,30). The van der Waals surface area contributed by atoms with E-state index in [1.54, 1.807) is 6.07 Å². The molecule has 0 unspecified atom stereocenters. The number of likely N-dealkylation sites (tertiary alicyclic amines) is 2. The molecule has 32 heavy (non-hydrogen) atoms. The number of hydrogen-bond donors (Lipinski definition) is 1. The van der Waals surface area contributed by atoms with Crippen molar-refractivity contribution in [2.45, 2.75) is 51.4 Å². The molecule has 172 valence electrons. The SMILES string of the molecule is O=C(NCCCN1CCCCCC1)c1ncoc1-c1ccccc1C(=O)N1CCCCC1. The highest BCUT2D eigenvalue weighted by Gasteiger charge is 2.25. The average molecular weight is 439 g/mol. The molecule has 7 heteroatoms. The van der Waals surface area contributed by atoms with Gasteiger partial charge in [-0.2, -0.15) is 0 Å². The second kappa shape index (κ2) is 11.3. The predicted octanol–water partition coefficient (Wildman–Crippen LogP) is 3.96. The van der Waals surface area contributed by atoms with E-state index in [9.17, 15) is 9.59 Å². The summed E-state index contributed by atoms with van der Waals surface area (Å²) in [5.41, 5.74) is 1.41. The van der Waals surface area contributed by atoms with Gasteiger partial charge in [-0.05, 0) is 64.2 Å². The van der Waals surface area contributed by atoms with Gasteiger partial charge in [0.15, 0.2) is 17.8 Å². The molecule has 2 aromatic rings. The van der Waals surface area contributed by atoms with Gasteiger partial charge in [-0.15, -0.1) is 0 Å². The van der Waals surface area contributed by atoms with E-state index >= 15 is 0 Å². The fourth-order valence-electron chi connectivity index (χ4n) is 4.68. The van der Waals surface area contributed by atoms with E-state index in [1.807, 2.05) is 23.1 Å². The molecule has 2 aliphatic rings. The average Bonchev–Trinajstić information content (AvgIpc) is 3.19. The van der Waals surface area contributed by atoms with Crippen LogP contribution in [0.4, 0.5) is 0 Å². The molecule has 1 aromatic heterocycles. The minimum atomic E-state index is -0.259. The summed E-state index contributed by atoms with van der Waals surface area (Å²) in [4.78, 5) is 34.5.